The zero-order valence-electron chi connectivity index (χ0n) is 13.0. The van der Waals surface area contributed by atoms with Crippen molar-refractivity contribution in [3.8, 4) is 0 Å². The van der Waals surface area contributed by atoms with Gasteiger partial charge in [0.2, 0.25) is 5.91 Å². The quantitative estimate of drug-likeness (QED) is 0.704. The van der Waals surface area contributed by atoms with Crippen LogP contribution in [-0.4, -0.2) is 50.1 Å². The van der Waals surface area contributed by atoms with Crippen LogP contribution >= 0.6 is 0 Å². The van der Waals surface area contributed by atoms with Gasteiger partial charge in [0.25, 0.3) is 0 Å². The molecule has 1 heterocycles. The van der Waals surface area contributed by atoms with Crippen molar-refractivity contribution in [2.24, 2.45) is 5.92 Å². The van der Waals surface area contributed by atoms with E-state index < -0.39 is 0 Å². The molecule has 4 nitrogen and oxygen atoms in total. The molecule has 2 N–H and O–H groups in total. The van der Waals surface area contributed by atoms with Gasteiger partial charge in [0.05, 0.1) is 0 Å². The van der Waals surface area contributed by atoms with Crippen LogP contribution in [0.4, 0.5) is 0 Å². The number of nitrogens with one attached hydrogen (secondary N) is 2. The van der Waals surface area contributed by atoms with Gasteiger partial charge >= 0.3 is 0 Å². The van der Waals surface area contributed by atoms with Gasteiger partial charge in [-0.2, -0.15) is 0 Å². The Morgan fingerprint density at radius 2 is 2.05 bits per heavy atom. The first-order valence-corrected chi connectivity index (χ1v) is 7.74. The van der Waals surface area contributed by atoms with Crippen molar-refractivity contribution < 1.29 is 4.79 Å². The average molecular weight is 269 g/mol. The van der Waals surface area contributed by atoms with Crippen LogP contribution in [0, 0.1) is 5.92 Å². The molecule has 1 aliphatic rings. The van der Waals surface area contributed by atoms with Crippen LogP contribution in [0.3, 0.4) is 0 Å². The SMILES string of the molecule is CCC(CC)C(CNC(=O)CC1CCCN1)N(C)C. The molecule has 112 valence electrons. The van der Waals surface area contributed by atoms with Gasteiger partial charge in [0, 0.05) is 25.0 Å². The third-order valence-corrected chi connectivity index (χ3v) is 4.36. The van der Waals surface area contributed by atoms with Gasteiger partial charge in [-0.15, -0.1) is 0 Å². The summed E-state index contributed by atoms with van der Waals surface area (Å²) >= 11 is 0. The molecule has 1 saturated heterocycles. The first-order chi connectivity index (χ1) is 9.08. The number of hydrogen-bond acceptors (Lipinski definition) is 3. The van der Waals surface area contributed by atoms with Gasteiger partial charge < -0.3 is 15.5 Å². The Kier molecular flexibility index (Phi) is 7.39. The highest BCUT2D eigenvalue weighted by atomic mass is 16.1. The van der Waals surface area contributed by atoms with E-state index in [0.717, 1.165) is 19.5 Å². The van der Waals surface area contributed by atoms with Crippen molar-refractivity contribution in [1.82, 2.24) is 15.5 Å². The minimum absolute atomic E-state index is 0.192. The standard InChI is InChI=1S/C15H31N3O/c1-5-12(6-2)14(18(3)4)11-17-15(19)10-13-8-7-9-16-13/h12-14,16H,5-11H2,1-4H3,(H,17,19). The van der Waals surface area contributed by atoms with E-state index in [4.69, 9.17) is 0 Å². The van der Waals surface area contributed by atoms with E-state index in [1.807, 2.05) is 0 Å². The molecule has 2 unspecified atom stereocenters. The van der Waals surface area contributed by atoms with Crippen LogP contribution < -0.4 is 10.6 Å². The Labute approximate surface area is 118 Å². The minimum Gasteiger partial charge on any atom is -0.354 e. The Bertz CT molecular complexity index is 258. The first-order valence-electron chi connectivity index (χ1n) is 7.74. The van der Waals surface area contributed by atoms with Crippen LogP contribution in [0.15, 0.2) is 0 Å². The maximum absolute atomic E-state index is 12.0. The van der Waals surface area contributed by atoms with Crippen LogP contribution in [0.2, 0.25) is 0 Å². The summed E-state index contributed by atoms with van der Waals surface area (Å²) < 4.78 is 0. The maximum Gasteiger partial charge on any atom is 0.221 e. The molecule has 0 saturated carbocycles. The fraction of sp³-hybridized carbons (Fsp3) is 0.933. The topological polar surface area (TPSA) is 44.4 Å². The zero-order valence-corrected chi connectivity index (χ0v) is 13.0. The van der Waals surface area contributed by atoms with E-state index in [1.54, 1.807) is 0 Å². The van der Waals surface area contributed by atoms with E-state index in [9.17, 15) is 4.79 Å². The summed E-state index contributed by atoms with van der Waals surface area (Å²) in [6.07, 6.45) is 5.30. The van der Waals surface area contributed by atoms with Gasteiger partial charge in [-0.05, 0) is 39.4 Å². The molecule has 0 aliphatic carbocycles. The fourth-order valence-electron chi connectivity index (χ4n) is 3.05. The zero-order chi connectivity index (χ0) is 14.3. The van der Waals surface area contributed by atoms with Crippen LogP contribution in [0.5, 0.6) is 0 Å². The number of amides is 1. The lowest BCUT2D eigenvalue weighted by Crippen LogP contribution is -2.45. The predicted molar refractivity (Wildman–Crippen MR) is 80.2 cm³/mol. The molecule has 0 bridgehead atoms. The molecule has 0 aromatic heterocycles. The summed E-state index contributed by atoms with van der Waals surface area (Å²) in [5, 5.41) is 6.49. The Morgan fingerprint density at radius 1 is 1.37 bits per heavy atom. The van der Waals surface area contributed by atoms with Gasteiger partial charge in [-0.3, -0.25) is 4.79 Å². The number of rotatable bonds is 8. The lowest BCUT2D eigenvalue weighted by Gasteiger charge is -2.31. The first kappa shape index (κ1) is 16.4. The second-order valence-electron chi connectivity index (χ2n) is 5.91. The highest BCUT2D eigenvalue weighted by molar-refractivity contribution is 5.76. The molecule has 0 aromatic carbocycles. The summed E-state index contributed by atoms with van der Waals surface area (Å²) in [5.41, 5.74) is 0. The molecule has 0 spiro atoms. The molecule has 1 rings (SSSR count). The van der Waals surface area contributed by atoms with Crippen LogP contribution in [0.1, 0.15) is 46.0 Å². The average Bonchev–Trinajstić information content (AvgIpc) is 2.86. The lowest BCUT2D eigenvalue weighted by molar-refractivity contribution is -0.121. The highest BCUT2D eigenvalue weighted by Gasteiger charge is 2.22. The van der Waals surface area contributed by atoms with Crippen molar-refractivity contribution in [1.29, 1.82) is 0 Å². The largest absolute Gasteiger partial charge is 0.354 e. The third-order valence-electron chi connectivity index (χ3n) is 4.36. The third kappa shape index (κ3) is 5.49. The molecule has 0 radical (unpaired) electrons. The highest BCUT2D eigenvalue weighted by Crippen LogP contribution is 2.16. The molecule has 4 heteroatoms. The number of carbonyl (C=O) groups excluding carboxylic acids is 1. The summed E-state index contributed by atoms with van der Waals surface area (Å²) in [6.45, 7) is 6.29. The van der Waals surface area contributed by atoms with Crippen LogP contribution in [0.25, 0.3) is 0 Å². The van der Waals surface area contributed by atoms with E-state index in [-0.39, 0.29) is 5.91 Å². The van der Waals surface area contributed by atoms with Crippen LogP contribution in [-0.2, 0) is 4.79 Å². The Balaban J connectivity index is 2.35. The van der Waals surface area contributed by atoms with Crippen molar-refractivity contribution in [3.63, 3.8) is 0 Å². The fourth-order valence-corrected chi connectivity index (χ4v) is 3.05. The second kappa shape index (κ2) is 8.54. The summed E-state index contributed by atoms with van der Waals surface area (Å²) in [4.78, 5) is 14.2. The van der Waals surface area contributed by atoms with Gasteiger partial charge in [0.1, 0.15) is 0 Å². The van der Waals surface area contributed by atoms with Crippen molar-refractivity contribution in [3.05, 3.63) is 0 Å². The van der Waals surface area contributed by atoms with Gasteiger partial charge in [-0.25, -0.2) is 0 Å². The normalized spacial score (nSPS) is 21.1. The molecular weight excluding hydrogens is 238 g/mol. The number of hydrogen-bond donors (Lipinski definition) is 2. The summed E-state index contributed by atoms with van der Waals surface area (Å²) in [6, 6.07) is 0.835. The molecule has 1 fully saturated rings. The smallest absolute Gasteiger partial charge is 0.221 e. The Hall–Kier alpha value is -0.610. The maximum atomic E-state index is 12.0. The minimum atomic E-state index is 0.192. The summed E-state index contributed by atoms with van der Waals surface area (Å²) in [5.74, 6) is 0.845. The Morgan fingerprint density at radius 3 is 2.53 bits per heavy atom. The van der Waals surface area contributed by atoms with Crippen molar-refractivity contribution in [2.75, 3.05) is 27.2 Å². The number of carbonyl (C=O) groups is 1. The number of likely N-dealkylation sites (N-methyl/N-ethyl adjacent to an activating group) is 1. The van der Waals surface area contributed by atoms with Gasteiger partial charge in [0.15, 0.2) is 0 Å². The molecule has 1 aliphatic heterocycles. The monoisotopic (exact) mass is 269 g/mol. The lowest BCUT2D eigenvalue weighted by atomic mass is 9.93. The molecule has 0 aromatic rings. The van der Waals surface area contributed by atoms with E-state index in [0.29, 0.717) is 24.4 Å². The van der Waals surface area contributed by atoms with Gasteiger partial charge in [-0.1, -0.05) is 26.7 Å². The molecule has 1 amide bonds. The molecule has 19 heavy (non-hydrogen) atoms. The van der Waals surface area contributed by atoms with Crippen molar-refractivity contribution in [2.45, 2.75) is 58.0 Å². The second-order valence-corrected chi connectivity index (χ2v) is 5.91. The summed E-state index contributed by atoms with van der Waals surface area (Å²) in [7, 11) is 4.21. The molecule has 2 atom stereocenters. The van der Waals surface area contributed by atoms with Crippen molar-refractivity contribution >= 4 is 5.91 Å². The molecular formula is C15H31N3O. The van der Waals surface area contributed by atoms with E-state index >= 15 is 0 Å². The van der Waals surface area contributed by atoms with E-state index in [2.05, 4.69) is 43.5 Å². The van der Waals surface area contributed by atoms with E-state index in [1.165, 1.54) is 19.3 Å². The predicted octanol–water partition coefficient (Wildman–Crippen LogP) is 1.61. The number of nitrogens with zero attached hydrogens (tertiary/aromatic N) is 1.